The van der Waals surface area contributed by atoms with Gasteiger partial charge in [0.2, 0.25) is 0 Å². The van der Waals surface area contributed by atoms with E-state index in [1.54, 1.807) is 13.0 Å². The van der Waals surface area contributed by atoms with Crippen LogP contribution in [0.3, 0.4) is 0 Å². The minimum Gasteiger partial charge on any atom is -0.166 e. The summed E-state index contributed by atoms with van der Waals surface area (Å²) in [6, 6.07) is 11.6. The fraction of sp³-hybridized carbons (Fsp3) is 0.200. The van der Waals surface area contributed by atoms with Crippen molar-refractivity contribution in [3.63, 3.8) is 0 Å². The van der Waals surface area contributed by atoms with Crippen LogP contribution in [0.25, 0.3) is 11.1 Å². The second kappa shape index (κ2) is 4.48. The van der Waals surface area contributed by atoms with E-state index in [4.69, 9.17) is 0 Å². The molecule has 0 atom stereocenters. The van der Waals surface area contributed by atoms with Crippen molar-refractivity contribution in [1.82, 2.24) is 0 Å². The highest BCUT2D eigenvalue weighted by Gasteiger charge is 2.30. The van der Waals surface area contributed by atoms with Crippen LogP contribution < -0.4 is 0 Å². The largest absolute Gasteiger partial charge is 0.416 e. The molecule has 0 aliphatic carbocycles. The molecule has 3 heteroatoms. The topological polar surface area (TPSA) is 0 Å². The maximum Gasteiger partial charge on any atom is 0.416 e. The van der Waals surface area contributed by atoms with Crippen molar-refractivity contribution in [2.75, 3.05) is 0 Å². The van der Waals surface area contributed by atoms with Crippen LogP contribution in [0.5, 0.6) is 0 Å². The molecule has 0 amide bonds. The van der Waals surface area contributed by atoms with Gasteiger partial charge >= 0.3 is 6.18 Å². The van der Waals surface area contributed by atoms with Gasteiger partial charge in [-0.15, -0.1) is 0 Å². The summed E-state index contributed by atoms with van der Waals surface area (Å²) >= 11 is 0. The molecule has 0 nitrogen and oxygen atoms in total. The predicted molar refractivity (Wildman–Crippen MR) is 66.4 cm³/mol. The standard InChI is InChI=1S/C15H13F3/c1-10-4-3-5-12(6-10)13-7-11(2)8-14(9-13)15(16,17)18/h3-9H,1-2H3. The molecule has 2 rings (SSSR count). The Morgan fingerprint density at radius 1 is 0.778 bits per heavy atom. The molecule has 0 N–H and O–H groups in total. The first kappa shape index (κ1) is 12.7. The number of hydrogen-bond acceptors (Lipinski definition) is 0. The average Bonchev–Trinajstić information content (AvgIpc) is 2.27. The molecule has 2 aromatic rings. The summed E-state index contributed by atoms with van der Waals surface area (Å²) in [5.74, 6) is 0. The zero-order chi connectivity index (χ0) is 13.3. The quantitative estimate of drug-likeness (QED) is 0.669. The van der Waals surface area contributed by atoms with Gasteiger partial charge in [0, 0.05) is 0 Å². The van der Waals surface area contributed by atoms with Gasteiger partial charge in [-0.1, -0.05) is 35.9 Å². The van der Waals surface area contributed by atoms with E-state index in [0.29, 0.717) is 11.1 Å². The van der Waals surface area contributed by atoms with Crippen LogP contribution >= 0.6 is 0 Å². The first-order valence-corrected chi connectivity index (χ1v) is 5.62. The number of alkyl halides is 3. The molecule has 0 fully saturated rings. The van der Waals surface area contributed by atoms with Crippen molar-refractivity contribution < 1.29 is 13.2 Å². The Morgan fingerprint density at radius 2 is 1.44 bits per heavy atom. The molecule has 0 aliphatic rings. The molecule has 0 saturated heterocycles. The first-order chi connectivity index (χ1) is 8.36. The van der Waals surface area contributed by atoms with Crippen LogP contribution in [0, 0.1) is 13.8 Å². The van der Waals surface area contributed by atoms with E-state index in [1.165, 1.54) is 12.1 Å². The maximum atomic E-state index is 12.7. The number of hydrogen-bond donors (Lipinski definition) is 0. The minimum absolute atomic E-state index is 0.598. The summed E-state index contributed by atoms with van der Waals surface area (Å²) in [6.07, 6.45) is -4.30. The van der Waals surface area contributed by atoms with Gasteiger partial charge in [0.25, 0.3) is 0 Å². The molecule has 0 aromatic heterocycles. The lowest BCUT2D eigenvalue weighted by Crippen LogP contribution is -2.05. The molecule has 94 valence electrons. The van der Waals surface area contributed by atoms with Gasteiger partial charge in [-0.2, -0.15) is 13.2 Å². The zero-order valence-corrected chi connectivity index (χ0v) is 10.2. The highest BCUT2D eigenvalue weighted by Crippen LogP contribution is 2.33. The lowest BCUT2D eigenvalue weighted by atomic mass is 9.99. The van der Waals surface area contributed by atoms with E-state index < -0.39 is 11.7 Å². The Bertz CT molecular complexity index is 568. The Labute approximate surface area is 104 Å². The summed E-state index contributed by atoms with van der Waals surface area (Å²) in [5.41, 5.74) is 2.46. The van der Waals surface area contributed by atoms with E-state index in [2.05, 4.69) is 0 Å². The predicted octanol–water partition coefficient (Wildman–Crippen LogP) is 4.99. The van der Waals surface area contributed by atoms with Crippen molar-refractivity contribution in [3.05, 3.63) is 59.2 Å². The first-order valence-electron chi connectivity index (χ1n) is 5.62. The third-order valence-electron chi connectivity index (χ3n) is 2.76. The van der Waals surface area contributed by atoms with Crippen LogP contribution in [0.2, 0.25) is 0 Å². The van der Waals surface area contributed by atoms with Crippen molar-refractivity contribution in [2.45, 2.75) is 20.0 Å². The van der Waals surface area contributed by atoms with Gasteiger partial charge in [-0.05, 0) is 42.7 Å². The molecule has 0 saturated carbocycles. The molecule has 0 aliphatic heterocycles. The van der Waals surface area contributed by atoms with Crippen molar-refractivity contribution >= 4 is 0 Å². The fourth-order valence-corrected chi connectivity index (χ4v) is 1.94. The SMILES string of the molecule is Cc1cccc(-c2cc(C)cc(C(F)(F)F)c2)c1. The number of halogens is 3. The molecule has 0 heterocycles. The average molecular weight is 250 g/mol. The smallest absolute Gasteiger partial charge is 0.166 e. The lowest BCUT2D eigenvalue weighted by molar-refractivity contribution is -0.137. The zero-order valence-electron chi connectivity index (χ0n) is 10.2. The maximum absolute atomic E-state index is 12.7. The summed E-state index contributed by atoms with van der Waals surface area (Å²) in [4.78, 5) is 0. The van der Waals surface area contributed by atoms with Crippen molar-refractivity contribution in [3.8, 4) is 11.1 Å². The van der Waals surface area contributed by atoms with Gasteiger partial charge in [-0.3, -0.25) is 0 Å². The van der Waals surface area contributed by atoms with Crippen LogP contribution in [-0.4, -0.2) is 0 Å². The number of benzene rings is 2. The van der Waals surface area contributed by atoms with Crippen LogP contribution in [0.4, 0.5) is 13.2 Å². The van der Waals surface area contributed by atoms with E-state index in [9.17, 15) is 13.2 Å². The molecule has 2 aromatic carbocycles. The molecular weight excluding hydrogens is 237 g/mol. The van der Waals surface area contributed by atoms with E-state index in [0.717, 1.165) is 11.1 Å². The molecule has 0 bridgehead atoms. The third-order valence-corrected chi connectivity index (χ3v) is 2.76. The molecule has 18 heavy (non-hydrogen) atoms. The van der Waals surface area contributed by atoms with E-state index >= 15 is 0 Å². The second-order valence-corrected chi connectivity index (χ2v) is 4.45. The Balaban J connectivity index is 2.55. The second-order valence-electron chi connectivity index (χ2n) is 4.45. The summed E-state index contributed by atoms with van der Waals surface area (Å²) in [5, 5.41) is 0. The minimum atomic E-state index is -4.30. The fourth-order valence-electron chi connectivity index (χ4n) is 1.94. The molecule has 0 unspecified atom stereocenters. The Kier molecular flexibility index (Phi) is 3.16. The number of rotatable bonds is 1. The van der Waals surface area contributed by atoms with E-state index in [1.807, 2.05) is 31.2 Å². The summed E-state index contributed by atoms with van der Waals surface area (Å²) < 4.78 is 38.2. The van der Waals surface area contributed by atoms with Crippen LogP contribution in [-0.2, 0) is 6.18 Å². The summed E-state index contributed by atoms with van der Waals surface area (Å²) in [7, 11) is 0. The van der Waals surface area contributed by atoms with Gasteiger partial charge in [0.15, 0.2) is 0 Å². The number of aryl methyl sites for hydroxylation is 2. The highest BCUT2D eigenvalue weighted by molar-refractivity contribution is 5.66. The van der Waals surface area contributed by atoms with Gasteiger partial charge < -0.3 is 0 Å². The molecule has 0 radical (unpaired) electrons. The molecular formula is C15H13F3. The normalized spacial score (nSPS) is 11.6. The Morgan fingerprint density at radius 3 is 2.06 bits per heavy atom. The lowest BCUT2D eigenvalue weighted by Gasteiger charge is -2.11. The van der Waals surface area contributed by atoms with E-state index in [-0.39, 0.29) is 0 Å². The van der Waals surface area contributed by atoms with Crippen molar-refractivity contribution in [1.29, 1.82) is 0 Å². The third kappa shape index (κ3) is 2.73. The Hall–Kier alpha value is -1.77. The van der Waals surface area contributed by atoms with Crippen LogP contribution in [0.15, 0.2) is 42.5 Å². The monoisotopic (exact) mass is 250 g/mol. The van der Waals surface area contributed by atoms with Crippen LogP contribution in [0.1, 0.15) is 16.7 Å². The van der Waals surface area contributed by atoms with Gasteiger partial charge in [-0.25, -0.2) is 0 Å². The van der Waals surface area contributed by atoms with Crippen molar-refractivity contribution in [2.24, 2.45) is 0 Å². The summed E-state index contributed by atoms with van der Waals surface area (Å²) in [6.45, 7) is 3.60. The molecule has 0 spiro atoms. The van der Waals surface area contributed by atoms with Gasteiger partial charge in [0.1, 0.15) is 0 Å². The highest BCUT2D eigenvalue weighted by atomic mass is 19.4. The van der Waals surface area contributed by atoms with Gasteiger partial charge in [0.05, 0.1) is 5.56 Å².